The number of fused-ring (bicyclic) bond motifs is 1. The molecule has 5 nitrogen and oxygen atoms in total. The number of hydrogen-bond donors (Lipinski definition) is 2. The molecule has 6 heteroatoms. The second-order valence-corrected chi connectivity index (χ2v) is 7.65. The second kappa shape index (κ2) is 5.44. The van der Waals surface area contributed by atoms with Gasteiger partial charge in [-0.3, -0.25) is 9.69 Å². The Hall–Kier alpha value is -1.24. The van der Waals surface area contributed by atoms with Gasteiger partial charge in [0.15, 0.2) is 0 Å². The summed E-state index contributed by atoms with van der Waals surface area (Å²) in [6.07, 6.45) is 5.26. The molecular weight excluding hydrogens is 298 g/mol. The van der Waals surface area contributed by atoms with Gasteiger partial charge in [0.05, 0.1) is 18.2 Å². The molecule has 4 rings (SSSR count). The number of nitrogens with one attached hydrogen (secondary N) is 1. The van der Waals surface area contributed by atoms with Crippen LogP contribution in [-0.2, 0) is 6.54 Å². The molecule has 2 aliphatic rings. The van der Waals surface area contributed by atoms with Crippen LogP contribution in [0.5, 0.6) is 0 Å². The largest absolute Gasteiger partial charge is 0.393 e. The molecule has 0 unspecified atom stereocenters. The zero-order valence-electron chi connectivity index (χ0n) is 12.5. The molecular formula is C16H21N3O2S. The molecule has 0 aromatic carbocycles. The molecule has 1 spiro atoms. The first kappa shape index (κ1) is 14.4. The molecule has 2 atom stereocenters. The van der Waals surface area contributed by atoms with Crippen molar-refractivity contribution >= 4 is 21.6 Å². The summed E-state index contributed by atoms with van der Waals surface area (Å²) < 4.78 is 0.699. The molecule has 1 saturated heterocycles. The predicted molar refractivity (Wildman–Crippen MR) is 87.0 cm³/mol. The van der Waals surface area contributed by atoms with E-state index >= 15 is 0 Å². The van der Waals surface area contributed by atoms with Crippen LogP contribution in [0.25, 0.3) is 10.2 Å². The SMILES string of the molecule is O=c1[nH]c(CN2CCC[C@@]3(CCC[C@H]3O)C2)nc2ccsc12. The average Bonchev–Trinajstić information content (AvgIpc) is 3.08. The van der Waals surface area contributed by atoms with Crippen LogP contribution in [0.2, 0.25) is 0 Å². The fourth-order valence-corrected chi connectivity index (χ4v) is 4.92. The molecule has 0 radical (unpaired) electrons. The van der Waals surface area contributed by atoms with Crippen molar-refractivity contribution in [3.05, 3.63) is 27.6 Å². The summed E-state index contributed by atoms with van der Waals surface area (Å²) in [5.74, 6) is 0.737. The highest BCUT2D eigenvalue weighted by atomic mass is 32.1. The Morgan fingerprint density at radius 1 is 1.45 bits per heavy atom. The van der Waals surface area contributed by atoms with E-state index in [1.807, 2.05) is 11.4 Å². The van der Waals surface area contributed by atoms with Gasteiger partial charge >= 0.3 is 0 Å². The molecule has 3 heterocycles. The van der Waals surface area contributed by atoms with Crippen LogP contribution in [0.15, 0.2) is 16.2 Å². The summed E-state index contributed by atoms with van der Waals surface area (Å²) in [5.41, 5.74) is 0.824. The topological polar surface area (TPSA) is 69.2 Å². The number of aliphatic hydroxyl groups excluding tert-OH is 1. The van der Waals surface area contributed by atoms with Crippen LogP contribution in [0.1, 0.15) is 37.9 Å². The lowest BCUT2D eigenvalue weighted by atomic mass is 9.77. The minimum atomic E-state index is -0.165. The summed E-state index contributed by atoms with van der Waals surface area (Å²) in [5, 5.41) is 12.3. The smallest absolute Gasteiger partial charge is 0.268 e. The van der Waals surface area contributed by atoms with E-state index in [0.29, 0.717) is 11.2 Å². The van der Waals surface area contributed by atoms with Crippen molar-refractivity contribution in [2.45, 2.75) is 44.8 Å². The minimum absolute atomic E-state index is 0.0392. The number of likely N-dealkylation sites (tertiary alicyclic amines) is 1. The van der Waals surface area contributed by atoms with Gasteiger partial charge in [-0.2, -0.15) is 0 Å². The molecule has 0 bridgehead atoms. The third-order valence-electron chi connectivity index (χ3n) is 5.28. The number of aromatic nitrogens is 2. The molecule has 1 aliphatic carbocycles. The number of thiophene rings is 1. The second-order valence-electron chi connectivity index (χ2n) is 6.73. The van der Waals surface area contributed by atoms with E-state index < -0.39 is 0 Å². The van der Waals surface area contributed by atoms with Crippen molar-refractivity contribution in [3.63, 3.8) is 0 Å². The van der Waals surface area contributed by atoms with Crippen LogP contribution >= 0.6 is 11.3 Å². The molecule has 2 aromatic heterocycles. The van der Waals surface area contributed by atoms with Crippen molar-refractivity contribution in [3.8, 4) is 0 Å². The van der Waals surface area contributed by atoms with Gasteiger partial charge in [-0.25, -0.2) is 4.98 Å². The summed E-state index contributed by atoms with van der Waals surface area (Å²) in [4.78, 5) is 21.9. The van der Waals surface area contributed by atoms with E-state index in [0.717, 1.165) is 56.5 Å². The van der Waals surface area contributed by atoms with Gasteiger partial charge in [0.25, 0.3) is 5.56 Å². The van der Waals surface area contributed by atoms with E-state index in [2.05, 4.69) is 14.9 Å². The van der Waals surface area contributed by atoms with Crippen LogP contribution in [-0.4, -0.2) is 39.2 Å². The lowest BCUT2D eigenvalue weighted by Gasteiger charge is -2.42. The number of nitrogens with zero attached hydrogens (tertiary/aromatic N) is 2. The van der Waals surface area contributed by atoms with E-state index in [1.165, 1.54) is 11.3 Å². The van der Waals surface area contributed by atoms with E-state index in [9.17, 15) is 9.90 Å². The van der Waals surface area contributed by atoms with Crippen molar-refractivity contribution < 1.29 is 5.11 Å². The molecule has 2 aromatic rings. The Kier molecular flexibility index (Phi) is 3.55. The number of aromatic amines is 1. The maximum Gasteiger partial charge on any atom is 0.268 e. The van der Waals surface area contributed by atoms with Gasteiger partial charge in [-0.1, -0.05) is 6.42 Å². The van der Waals surface area contributed by atoms with Crippen LogP contribution in [0.4, 0.5) is 0 Å². The van der Waals surface area contributed by atoms with Gasteiger partial charge in [0, 0.05) is 12.0 Å². The number of rotatable bonds is 2. The molecule has 1 aliphatic heterocycles. The van der Waals surface area contributed by atoms with Crippen LogP contribution in [0, 0.1) is 5.41 Å². The van der Waals surface area contributed by atoms with Gasteiger partial charge in [0.2, 0.25) is 0 Å². The first-order valence-electron chi connectivity index (χ1n) is 8.03. The lowest BCUT2D eigenvalue weighted by molar-refractivity contribution is -0.0126. The van der Waals surface area contributed by atoms with Gasteiger partial charge in [0.1, 0.15) is 10.5 Å². The Bertz CT molecular complexity index is 740. The summed E-state index contributed by atoms with van der Waals surface area (Å²) >= 11 is 1.43. The quantitative estimate of drug-likeness (QED) is 0.889. The molecule has 1 saturated carbocycles. The molecule has 2 N–H and O–H groups in total. The fraction of sp³-hybridized carbons (Fsp3) is 0.625. The van der Waals surface area contributed by atoms with Crippen molar-refractivity contribution in [1.82, 2.24) is 14.9 Å². The van der Waals surface area contributed by atoms with E-state index in [4.69, 9.17) is 0 Å². The average molecular weight is 319 g/mol. The summed E-state index contributed by atoms with van der Waals surface area (Å²) in [7, 11) is 0. The number of piperidine rings is 1. The maximum atomic E-state index is 12.1. The van der Waals surface area contributed by atoms with Crippen molar-refractivity contribution in [2.24, 2.45) is 5.41 Å². The lowest BCUT2D eigenvalue weighted by Crippen LogP contribution is -2.47. The van der Waals surface area contributed by atoms with Crippen LogP contribution < -0.4 is 5.56 Å². The minimum Gasteiger partial charge on any atom is -0.393 e. The Morgan fingerprint density at radius 2 is 2.32 bits per heavy atom. The monoisotopic (exact) mass is 319 g/mol. The Balaban J connectivity index is 1.55. The predicted octanol–water partition coefficient (Wildman–Crippen LogP) is 2.11. The first-order valence-corrected chi connectivity index (χ1v) is 8.91. The maximum absolute atomic E-state index is 12.1. The van der Waals surface area contributed by atoms with Gasteiger partial charge in [-0.15, -0.1) is 11.3 Å². The highest BCUT2D eigenvalue weighted by Crippen LogP contribution is 2.45. The third-order valence-corrected chi connectivity index (χ3v) is 6.19. The summed E-state index contributed by atoms with van der Waals surface area (Å²) in [6, 6.07) is 1.90. The molecule has 0 amide bonds. The Labute approximate surface area is 133 Å². The number of aliphatic hydroxyl groups is 1. The molecule has 2 fully saturated rings. The number of H-pyrrole nitrogens is 1. The standard InChI is InChI=1S/C16H21N3O2S/c20-12-3-1-5-16(12)6-2-7-19(10-16)9-13-17-11-4-8-22-14(11)15(21)18-13/h4,8,12,20H,1-3,5-7,9-10H2,(H,17,18,21)/t12-,16+/m1/s1. The first-order chi connectivity index (χ1) is 10.7. The fourth-order valence-electron chi connectivity index (χ4n) is 4.20. The zero-order valence-corrected chi connectivity index (χ0v) is 13.4. The van der Waals surface area contributed by atoms with Crippen LogP contribution in [0.3, 0.4) is 0 Å². The van der Waals surface area contributed by atoms with Gasteiger partial charge < -0.3 is 10.1 Å². The number of hydrogen-bond acceptors (Lipinski definition) is 5. The Morgan fingerprint density at radius 3 is 3.14 bits per heavy atom. The third kappa shape index (κ3) is 2.39. The molecule has 118 valence electrons. The van der Waals surface area contributed by atoms with Crippen molar-refractivity contribution in [1.29, 1.82) is 0 Å². The zero-order chi connectivity index (χ0) is 15.2. The van der Waals surface area contributed by atoms with Crippen molar-refractivity contribution in [2.75, 3.05) is 13.1 Å². The summed E-state index contributed by atoms with van der Waals surface area (Å²) in [6.45, 7) is 2.59. The van der Waals surface area contributed by atoms with E-state index in [-0.39, 0.29) is 17.1 Å². The highest BCUT2D eigenvalue weighted by molar-refractivity contribution is 7.17. The molecule has 22 heavy (non-hydrogen) atoms. The van der Waals surface area contributed by atoms with E-state index in [1.54, 1.807) is 0 Å². The normalized spacial score (nSPS) is 29.6. The van der Waals surface area contributed by atoms with Gasteiger partial charge in [-0.05, 0) is 43.7 Å². The highest BCUT2D eigenvalue weighted by Gasteiger charge is 2.44.